The fraction of sp³-hybridized carbons (Fsp3) is 0.615. The Hall–Kier alpha value is -1.44. The van der Waals surface area contributed by atoms with Crippen molar-refractivity contribution in [3.8, 4) is 0 Å². The molecule has 114 valence electrons. The summed E-state index contributed by atoms with van der Waals surface area (Å²) in [5, 5.41) is 9.04. The molecule has 0 radical (unpaired) electrons. The van der Waals surface area contributed by atoms with Crippen LogP contribution in [0.15, 0.2) is 25.0 Å². The topological polar surface area (TPSA) is 55.0 Å². The van der Waals surface area contributed by atoms with Gasteiger partial charge in [-0.2, -0.15) is 10.2 Å². The molecule has 0 aliphatic carbocycles. The minimum absolute atomic E-state index is 0.702. The molecule has 0 amide bonds. The maximum atomic E-state index is 5.86. The Kier molecular flexibility index (Phi) is 4.84. The Bertz CT molecular complexity index is 530. The van der Waals surface area contributed by atoms with Gasteiger partial charge in [-0.15, -0.1) is 0 Å². The van der Waals surface area contributed by atoms with E-state index in [9.17, 15) is 0 Å². The van der Waals surface area contributed by atoms with Gasteiger partial charge in [-0.3, -0.25) is 19.2 Å². The Labute approximate surface area is 129 Å². The maximum absolute atomic E-state index is 5.86. The summed E-state index contributed by atoms with van der Waals surface area (Å²) in [5.41, 5.74) is 0. The molecule has 1 aliphatic rings. The van der Waals surface area contributed by atoms with Crippen molar-refractivity contribution in [2.75, 3.05) is 39.3 Å². The minimum Gasteiger partial charge on any atom is -0.299 e. The average Bonchev–Trinajstić information content (AvgIpc) is 3.15. The Morgan fingerprint density at radius 1 is 0.905 bits per heavy atom. The summed E-state index contributed by atoms with van der Waals surface area (Å²) in [4.78, 5) is 8.91. The van der Waals surface area contributed by atoms with Crippen molar-refractivity contribution in [3.63, 3.8) is 0 Å². The summed E-state index contributed by atoms with van der Waals surface area (Å²) in [5.74, 6) is 0. The first-order valence-electron chi connectivity index (χ1n) is 7.25. The molecule has 3 rings (SSSR count). The van der Waals surface area contributed by atoms with E-state index < -0.39 is 0 Å². The lowest BCUT2D eigenvalue weighted by atomic mass is 10.3. The maximum Gasteiger partial charge on any atom is 0.137 e. The molecule has 2 aromatic heterocycles. The molecule has 1 aliphatic heterocycles. The molecule has 0 atom stereocenters. The van der Waals surface area contributed by atoms with Crippen molar-refractivity contribution in [1.82, 2.24) is 34.3 Å². The molecule has 3 heterocycles. The van der Waals surface area contributed by atoms with Gasteiger partial charge < -0.3 is 0 Å². The molecule has 0 N–H and O–H groups in total. The lowest BCUT2D eigenvalue weighted by molar-refractivity contribution is 0.124. The minimum atomic E-state index is 0.702. The number of hydrogen-bond acceptors (Lipinski definition) is 5. The summed E-state index contributed by atoms with van der Waals surface area (Å²) < 4.78 is 3.78. The lowest BCUT2D eigenvalue weighted by Gasteiger charge is -2.34. The molecule has 2 aromatic rings. The fourth-order valence-electron chi connectivity index (χ4n) is 2.53. The van der Waals surface area contributed by atoms with E-state index in [4.69, 9.17) is 11.6 Å². The number of hydrogen-bond donors (Lipinski definition) is 0. The fourth-order valence-corrected chi connectivity index (χ4v) is 2.69. The highest BCUT2D eigenvalue weighted by Crippen LogP contribution is 2.06. The standard InChI is InChI=1S/C13H20ClN7/c14-13-9-16-20(10-13)7-5-18-1-3-19(4-2-18)6-8-21-12-15-11-17-21/h9-12H,1-8H2. The third-order valence-corrected chi connectivity index (χ3v) is 4.02. The van der Waals surface area contributed by atoms with Crippen LogP contribution in [0.1, 0.15) is 0 Å². The van der Waals surface area contributed by atoms with Crippen LogP contribution in [0, 0.1) is 0 Å². The first-order chi connectivity index (χ1) is 10.3. The molecule has 0 aromatic carbocycles. The van der Waals surface area contributed by atoms with Gasteiger partial charge in [0.25, 0.3) is 0 Å². The van der Waals surface area contributed by atoms with E-state index in [1.807, 2.05) is 15.6 Å². The summed E-state index contributed by atoms with van der Waals surface area (Å²) in [6, 6.07) is 0. The first-order valence-corrected chi connectivity index (χ1v) is 7.62. The molecule has 0 bridgehead atoms. The second-order valence-electron chi connectivity index (χ2n) is 5.26. The van der Waals surface area contributed by atoms with Gasteiger partial charge in [0.2, 0.25) is 0 Å². The van der Waals surface area contributed by atoms with Gasteiger partial charge in [0.05, 0.1) is 24.3 Å². The predicted molar refractivity (Wildman–Crippen MR) is 80.1 cm³/mol. The monoisotopic (exact) mass is 309 g/mol. The van der Waals surface area contributed by atoms with Crippen LogP contribution in [0.5, 0.6) is 0 Å². The average molecular weight is 310 g/mol. The van der Waals surface area contributed by atoms with Crippen LogP contribution < -0.4 is 0 Å². The number of piperazine rings is 1. The van der Waals surface area contributed by atoms with E-state index in [0.29, 0.717) is 5.02 Å². The van der Waals surface area contributed by atoms with Crippen molar-refractivity contribution in [1.29, 1.82) is 0 Å². The molecule has 7 nitrogen and oxygen atoms in total. The van der Waals surface area contributed by atoms with E-state index in [0.717, 1.165) is 52.4 Å². The molecule has 0 saturated carbocycles. The van der Waals surface area contributed by atoms with Gasteiger partial charge in [-0.1, -0.05) is 11.6 Å². The van der Waals surface area contributed by atoms with Crippen molar-refractivity contribution >= 4 is 11.6 Å². The molecule has 8 heteroatoms. The van der Waals surface area contributed by atoms with E-state index in [2.05, 4.69) is 25.0 Å². The SMILES string of the molecule is Clc1cnn(CCN2CCN(CCn3cncn3)CC2)c1. The molecule has 0 unspecified atom stereocenters. The summed E-state index contributed by atoms with van der Waals surface area (Å²) in [6.45, 7) is 8.28. The normalized spacial score (nSPS) is 17.4. The van der Waals surface area contributed by atoms with Crippen LogP contribution in [0.25, 0.3) is 0 Å². The van der Waals surface area contributed by atoms with Crippen molar-refractivity contribution in [2.24, 2.45) is 0 Å². The van der Waals surface area contributed by atoms with Gasteiger partial charge in [-0.25, -0.2) is 4.98 Å². The summed E-state index contributed by atoms with van der Waals surface area (Å²) in [6.07, 6.45) is 6.91. The zero-order chi connectivity index (χ0) is 14.5. The highest BCUT2D eigenvalue weighted by Gasteiger charge is 2.16. The van der Waals surface area contributed by atoms with Crippen molar-refractivity contribution < 1.29 is 0 Å². The summed E-state index contributed by atoms with van der Waals surface area (Å²) in [7, 11) is 0. The van der Waals surface area contributed by atoms with Crippen LogP contribution in [-0.2, 0) is 13.1 Å². The number of halogens is 1. The van der Waals surface area contributed by atoms with E-state index in [1.54, 1.807) is 18.9 Å². The quantitative estimate of drug-likeness (QED) is 0.775. The number of nitrogens with zero attached hydrogens (tertiary/aromatic N) is 7. The van der Waals surface area contributed by atoms with Crippen molar-refractivity contribution in [3.05, 3.63) is 30.1 Å². The summed E-state index contributed by atoms with van der Waals surface area (Å²) >= 11 is 5.86. The highest BCUT2D eigenvalue weighted by atomic mass is 35.5. The zero-order valence-corrected chi connectivity index (χ0v) is 12.7. The van der Waals surface area contributed by atoms with Crippen molar-refractivity contribution in [2.45, 2.75) is 13.1 Å². The molecule has 0 spiro atoms. The molecule has 21 heavy (non-hydrogen) atoms. The van der Waals surface area contributed by atoms with Crippen LogP contribution in [0.3, 0.4) is 0 Å². The molecule has 1 fully saturated rings. The van der Waals surface area contributed by atoms with Crippen LogP contribution in [-0.4, -0.2) is 73.6 Å². The Balaban J connectivity index is 1.35. The molecular weight excluding hydrogens is 290 g/mol. The third-order valence-electron chi connectivity index (χ3n) is 3.82. The van der Waals surface area contributed by atoms with E-state index in [1.165, 1.54) is 0 Å². The zero-order valence-electron chi connectivity index (χ0n) is 12.0. The Morgan fingerprint density at radius 2 is 1.57 bits per heavy atom. The second-order valence-corrected chi connectivity index (χ2v) is 5.70. The van der Waals surface area contributed by atoms with E-state index >= 15 is 0 Å². The second kappa shape index (κ2) is 7.02. The number of rotatable bonds is 6. The number of aromatic nitrogens is 5. The lowest BCUT2D eigenvalue weighted by Crippen LogP contribution is -2.47. The smallest absolute Gasteiger partial charge is 0.137 e. The molecular formula is C13H20ClN7. The van der Waals surface area contributed by atoms with Gasteiger partial charge in [0.1, 0.15) is 12.7 Å². The van der Waals surface area contributed by atoms with Crippen LogP contribution in [0.2, 0.25) is 5.02 Å². The first kappa shape index (κ1) is 14.5. The van der Waals surface area contributed by atoms with Gasteiger partial charge in [0.15, 0.2) is 0 Å². The van der Waals surface area contributed by atoms with Gasteiger partial charge in [0, 0.05) is 45.5 Å². The van der Waals surface area contributed by atoms with Gasteiger partial charge >= 0.3 is 0 Å². The Morgan fingerprint density at radius 3 is 2.10 bits per heavy atom. The molecule has 1 saturated heterocycles. The van der Waals surface area contributed by atoms with Gasteiger partial charge in [-0.05, 0) is 0 Å². The van der Waals surface area contributed by atoms with Crippen LogP contribution in [0.4, 0.5) is 0 Å². The largest absolute Gasteiger partial charge is 0.299 e. The predicted octanol–water partition coefficient (Wildman–Crippen LogP) is 0.446. The third kappa shape index (κ3) is 4.26. The highest BCUT2D eigenvalue weighted by molar-refractivity contribution is 6.30. The van der Waals surface area contributed by atoms with Crippen LogP contribution >= 0.6 is 11.6 Å². The van der Waals surface area contributed by atoms with E-state index in [-0.39, 0.29) is 0 Å².